The molecule has 1 aromatic carbocycles. The molecule has 2 aromatic heterocycles. The van der Waals surface area contributed by atoms with Crippen LogP contribution in [0.2, 0.25) is 0 Å². The molecular weight excluding hydrogens is 244 g/mol. The van der Waals surface area contributed by atoms with Gasteiger partial charge < -0.3 is 9.15 Å². The highest BCUT2D eigenvalue weighted by Gasteiger charge is 2.10. The first-order valence-corrected chi connectivity index (χ1v) is 5.96. The van der Waals surface area contributed by atoms with Crippen LogP contribution in [0.5, 0.6) is 0 Å². The number of hydrogen-bond donors (Lipinski definition) is 0. The van der Waals surface area contributed by atoms with E-state index in [1.807, 2.05) is 18.2 Å². The van der Waals surface area contributed by atoms with E-state index in [1.165, 1.54) is 0 Å². The van der Waals surface area contributed by atoms with Crippen LogP contribution in [0.4, 0.5) is 0 Å². The van der Waals surface area contributed by atoms with E-state index < -0.39 is 5.63 Å². The van der Waals surface area contributed by atoms with E-state index in [4.69, 9.17) is 9.15 Å². The van der Waals surface area contributed by atoms with Crippen molar-refractivity contribution in [3.05, 3.63) is 46.6 Å². The SMILES string of the molecule is COCCc1cnc2c(n1)c(=O)oc1ccccc12. The number of ether oxygens (including phenoxy) is 1. The highest BCUT2D eigenvalue weighted by Crippen LogP contribution is 2.19. The van der Waals surface area contributed by atoms with Gasteiger partial charge in [0, 0.05) is 25.1 Å². The average Bonchev–Trinajstić information content (AvgIpc) is 2.45. The smallest absolute Gasteiger partial charge is 0.364 e. The number of nitrogens with zero attached hydrogens (tertiary/aromatic N) is 2. The predicted molar refractivity (Wildman–Crippen MR) is 71.2 cm³/mol. The van der Waals surface area contributed by atoms with Crippen molar-refractivity contribution in [2.45, 2.75) is 6.42 Å². The number of methoxy groups -OCH3 is 1. The van der Waals surface area contributed by atoms with E-state index in [1.54, 1.807) is 19.4 Å². The van der Waals surface area contributed by atoms with Gasteiger partial charge in [-0.3, -0.25) is 4.98 Å². The van der Waals surface area contributed by atoms with Crippen LogP contribution in [0.3, 0.4) is 0 Å². The molecule has 0 radical (unpaired) electrons. The van der Waals surface area contributed by atoms with Gasteiger partial charge in [-0.25, -0.2) is 9.78 Å². The molecule has 19 heavy (non-hydrogen) atoms. The molecule has 0 fully saturated rings. The minimum absolute atomic E-state index is 0.271. The Morgan fingerprint density at radius 3 is 2.95 bits per heavy atom. The Morgan fingerprint density at radius 1 is 1.26 bits per heavy atom. The fourth-order valence-corrected chi connectivity index (χ4v) is 1.99. The zero-order chi connectivity index (χ0) is 13.2. The van der Waals surface area contributed by atoms with Gasteiger partial charge in [-0.1, -0.05) is 12.1 Å². The molecule has 0 amide bonds. The highest BCUT2D eigenvalue weighted by molar-refractivity contribution is 5.99. The second-order valence-electron chi connectivity index (χ2n) is 4.19. The molecule has 3 rings (SSSR count). The standard InChI is InChI=1S/C14H12N2O3/c1-18-7-6-9-8-15-12-10-4-2-3-5-11(10)19-14(17)13(12)16-9/h2-5,8H,6-7H2,1H3. The molecule has 96 valence electrons. The Labute approximate surface area is 108 Å². The third-order valence-electron chi connectivity index (χ3n) is 2.92. The van der Waals surface area contributed by atoms with E-state index >= 15 is 0 Å². The van der Waals surface area contributed by atoms with Crippen molar-refractivity contribution in [2.75, 3.05) is 13.7 Å². The monoisotopic (exact) mass is 256 g/mol. The Morgan fingerprint density at radius 2 is 2.11 bits per heavy atom. The fraction of sp³-hybridized carbons (Fsp3) is 0.214. The molecule has 0 bridgehead atoms. The van der Waals surface area contributed by atoms with Gasteiger partial charge in [0.15, 0.2) is 5.52 Å². The maximum Gasteiger partial charge on any atom is 0.364 e. The van der Waals surface area contributed by atoms with Gasteiger partial charge in [0.2, 0.25) is 0 Å². The van der Waals surface area contributed by atoms with Crippen LogP contribution < -0.4 is 5.63 Å². The molecule has 0 saturated heterocycles. The average molecular weight is 256 g/mol. The molecule has 0 aliphatic rings. The summed E-state index contributed by atoms with van der Waals surface area (Å²) in [5.41, 5.74) is 1.64. The summed E-state index contributed by atoms with van der Waals surface area (Å²) in [5, 5.41) is 0.794. The minimum Gasteiger partial charge on any atom is -0.421 e. The van der Waals surface area contributed by atoms with Gasteiger partial charge in [-0.2, -0.15) is 0 Å². The normalized spacial score (nSPS) is 11.2. The van der Waals surface area contributed by atoms with Crippen LogP contribution in [0.1, 0.15) is 5.69 Å². The minimum atomic E-state index is -0.458. The molecule has 3 aromatic rings. The summed E-state index contributed by atoms with van der Waals surface area (Å²) in [6, 6.07) is 7.31. The van der Waals surface area contributed by atoms with Crippen LogP contribution in [0.25, 0.3) is 22.0 Å². The zero-order valence-corrected chi connectivity index (χ0v) is 10.4. The quantitative estimate of drug-likeness (QED) is 0.529. The van der Waals surface area contributed by atoms with Crippen LogP contribution in [-0.2, 0) is 11.2 Å². The maximum atomic E-state index is 11.9. The molecule has 0 saturated carbocycles. The second kappa shape index (κ2) is 4.78. The van der Waals surface area contributed by atoms with Gasteiger partial charge in [0.25, 0.3) is 0 Å². The lowest BCUT2D eigenvalue weighted by atomic mass is 10.2. The van der Waals surface area contributed by atoms with Crippen LogP contribution in [0.15, 0.2) is 39.7 Å². The summed E-state index contributed by atoms with van der Waals surface area (Å²) < 4.78 is 10.2. The number of fused-ring (bicyclic) bond motifs is 3. The van der Waals surface area contributed by atoms with Gasteiger partial charge in [-0.15, -0.1) is 0 Å². The first kappa shape index (κ1) is 11.8. The highest BCUT2D eigenvalue weighted by atomic mass is 16.5. The third-order valence-corrected chi connectivity index (χ3v) is 2.92. The van der Waals surface area contributed by atoms with Gasteiger partial charge in [0.05, 0.1) is 12.3 Å². The molecule has 2 heterocycles. The third kappa shape index (κ3) is 2.08. The van der Waals surface area contributed by atoms with E-state index in [-0.39, 0.29) is 5.52 Å². The Balaban J connectivity index is 2.26. The summed E-state index contributed by atoms with van der Waals surface area (Å²) in [6.45, 7) is 0.541. The summed E-state index contributed by atoms with van der Waals surface area (Å²) in [5.74, 6) is 0. The van der Waals surface area contributed by atoms with Crippen molar-refractivity contribution in [2.24, 2.45) is 0 Å². The van der Waals surface area contributed by atoms with Crippen molar-refractivity contribution < 1.29 is 9.15 Å². The van der Waals surface area contributed by atoms with Gasteiger partial charge >= 0.3 is 5.63 Å². The number of hydrogen-bond acceptors (Lipinski definition) is 5. The molecule has 0 N–H and O–H groups in total. The van der Waals surface area contributed by atoms with Gasteiger partial charge in [0.1, 0.15) is 11.1 Å². The van der Waals surface area contributed by atoms with Crippen molar-refractivity contribution in [1.82, 2.24) is 9.97 Å². The topological polar surface area (TPSA) is 65.2 Å². The lowest BCUT2D eigenvalue weighted by Crippen LogP contribution is -2.07. The Hall–Kier alpha value is -2.27. The number of rotatable bonds is 3. The lowest BCUT2D eigenvalue weighted by molar-refractivity contribution is 0.201. The first-order chi connectivity index (χ1) is 9.29. The molecule has 0 aliphatic heterocycles. The summed E-state index contributed by atoms with van der Waals surface area (Å²) in [6.07, 6.45) is 2.29. The number of benzene rings is 1. The Kier molecular flexibility index (Phi) is 2.97. The molecule has 5 nitrogen and oxygen atoms in total. The van der Waals surface area contributed by atoms with Crippen LogP contribution >= 0.6 is 0 Å². The van der Waals surface area contributed by atoms with Crippen molar-refractivity contribution in [3.63, 3.8) is 0 Å². The molecule has 0 unspecified atom stereocenters. The first-order valence-electron chi connectivity index (χ1n) is 5.96. The van der Waals surface area contributed by atoms with E-state index in [0.717, 1.165) is 11.1 Å². The summed E-state index contributed by atoms with van der Waals surface area (Å²) in [7, 11) is 1.62. The van der Waals surface area contributed by atoms with E-state index in [2.05, 4.69) is 9.97 Å². The number of aromatic nitrogens is 2. The predicted octanol–water partition coefficient (Wildman–Crippen LogP) is 1.93. The lowest BCUT2D eigenvalue weighted by Gasteiger charge is -2.03. The van der Waals surface area contributed by atoms with Crippen LogP contribution in [0, 0.1) is 0 Å². The Bertz CT molecular complexity index is 795. The maximum absolute atomic E-state index is 11.9. The van der Waals surface area contributed by atoms with Crippen LogP contribution in [-0.4, -0.2) is 23.7 Å². The van der Waals surface area contributed by atoms with Crippen molar-refractivity contribution in [1.29, 1.82) is 0 Å². The molecule has 0 aliphatic carbocycles. The summed E-state index contributed by atoms with van der Waals surface area (Å²) in [4.78, 5) is 20.6. The van der Waals surface area contributed by atoms with E-state index in [0.29, 0.717) is 24.1 Å². The van der Waals surface area contributed by atoms with Gasteiger partial charge in [-0.05, 0) is 12.1 Å². The fourth-order valence-electron chi connectivity index (χ4n) is 1.99. The molecule has 0 atom stereocenters. The largest absolute Gasteiger partial charge is 0.421 e. The summed E-state index contributed by atoms with van der Waals surface area (Å²) >= 11 is 0. The number of para-hydroxylation sites is 1. The van der Waals surface area contributed by atoms with E-state index in [9.17, 15) is 4.79 Å². The molecule has 5 heteroatoms. The van der Waals surface area contributed by atoms with Crippen molar-refractivity contribution >= 4 is 22.0 Å². The molecule has 0 spiro atoms. The van der Waals surface area contributed by atoms with Crippen molar-refractivity contribution in [3.8, 4) is 0 Å². The molecular formula is C14H12N2O3. The second-order valence-corrected chi connectivity index (χ2v) is 4.19. The zero-order valence-electron chi connectivity index (χ0n) is 10.4.